The van der Waals surface area contributed by atoms with Gasteiger partial charge in [0.1, 0.15) is 0 Å². The number of rotatable bonds is 6. The van der Waals surface area contributed by atoms with Crippen molar-refractivity contribution in [3.8, 4) is 5.88 Å². The van der Waals surface area contributed by atoms with Crippen LogP contribution in [-0.4, -0.2) is 35.2 Å². The van der Waals surface area contributed by atoms with Crippen LogP contribution in [-0.2, 0) is 0 Å². The maximum Gasteiger partial charge on any atom is 0.456 e. The molecule has 0 amide bonds. The van der Waals surface area contributed by atoms with Gasteiger partial charge in [-0.3, -0.25) is 0 Å². The lowest BCUT2D eigenvalue weighted by atomic mass is 10.3. The summed E-state index contributed by atoms with van der Waals surface area (Å²) in [6.45, 7) is 0.180. The van der Waals surface area contributed by atoms with Crippen molar-refractivity contribution in [1.29, 1.82) is 0 Å². The molecule has 0 saturated carbocycles. The summed E-state index contributed by atoms with van der Waals surface area (Å²) in [6, 6.07) is 0. The lowest BCUT2D eigenvalue weighted by Crippen LogP contribution is -2.42. The predicted octanol–water partition coefficient (Wildman–Crippen LogP) is 3.01. The van der Waals surface area contributed by atoms with Crippen LogP contribution in [0.15, 0.2) is 6.20 Å². The van der Waals surface area contributed by atoms with Gasteiger partial charge in [-0.25, -0.2) is 4.98 Å². The highest BCUT2D eigenvalue weighted by molar-refractivity contribution is 5.28. The fourth-order valence-electron chi connectivity index (χ4n) is 1.02. The number of anilines is 1. The Morgan fingerprint density at radius 2 is 1.90 bits per heavy atom. The highest BCUT2D eigenvalue weighted by Gasteiger charge is 2.58. The average Bonchev–Trinajstić information content (AvgIpc) is 2.35. The van der Waals surface area contributed by atoms with Gasteiger partial charge in [0, 0.05) is 6.54 Å². The molecule has 0 spiro atoms. The average molecular weight is 303 g/mol. The van der Waals surface area contributed by atoms with Crippen molar-refractivity contribution in [2.75, 3.05) is 18.5 Å². The van der Waals surface area contributed by atoms with E-state index < -0.39 is 30.4 Å². The zero-order valence-corrected chi connectivity index (χ0v) is 10.3. The van der Waals surface area contributed by atoms with Crippen LogP contribution >= 0.6 is 0 Å². The molecule has 0 bridgehead atoms. The minimum atomic E-state index is -5.78. The van der Waals surface area contributed by atoms with Crippen LogP contribution in [0, 0.1) is 5.82 Å². The van der Waals surface area contributed by atoms with Gasteiger partial charge in [-0.1, -0.05) is 6.92 Å². The smallest absolute Gasteiger partial charge is 0.456 e. The topological polar surface area (TPSA) is 47.0 Å². The predicted molar refractivity (Wildman–Crippen MR) is 57.3 cm³/mol. The molecule has 0 saturated heterocycles. The normalized spacial score (nSPS) is 12.3. The first-order valence-electron chi connectivity index (χ1n) is 5.51. The van der Waals surface area contributed by atoms with Crippen molar-refractivity contribution < 1.29 is 31.1 Å². The molecular weight excluding hydrogens is 292 g/mol. The second-order valence-corrected chi connectivity index (χ2v) is 3.76. The Hall–Kier alpha value is -1.74. The molecule has 1 rings (SSSR count). The van der Waals surface area contributed by atoms with Crippen LogP contribution in [0.2, 0.25) is 0 Å². The molecule has 0 aliphatic rings. The van der Waals surface area contributed by atoms with Gasteiger partial charge < -0.3 is 10.1 Å². The quantitative estimate of drug-likeness (QED) is 0.821. The molecule has 1 aromatic heterocycles. The third-order valence-corrected chi connectivity index (χ3v) is 2.05. The summed E-state index contributed by atoms with van der Waals surface area (Å²) in [7, 11) is 0. The van der Waals surface area contributed by atoms with E-state index in [2.05, 4.69) is 20.0 Å². The first kappa shape index (κ1) is 16.3. The van der Waals surface area contributed by atoms with E-state index in [1.165, 1.54) is 0 Å². The van der Waals surface area contributed by atoms with Gasteiger partial charge in [0.15, 0.2) is 6.61 Å². The summed E-state index contributed by atoms with van der Waals surface area (Å²) in [5.41, 5.74) is 0. The number of aromatic nitrogens is 2. The molecule has 0 radical (unpaired) electrons. The van der Waals surface area contributed by atoms with E-state index in [4.69, 9.17) is 0 Å². The fraction of sp³-hybridized carbons (Fsp3) is 0.600. The van der Waals surface area contributed by atoms with Crippen LogP contribution in [0.25, 0.3) is 0 Å². The molecule has 1 heterocycles. The summed E-state index contributed by atoms with van der Waals surface area (Å²) in [4.78, 5) is 6.86. The van der Waals surface area contributed by atoms with E-state index >= 15 is 0 Å². The minimum Gasteiger partial charge on any atom is -0.469 e. The Morgan fingerprint density at radius 1 is 1.25 bits per heavy atom. The van der Waals surface area contributed by atoms with Crippen molar-refractivity contribution in [3.05, 3.63) is 12.0 Å². The molecule has 4 nitrogen and oxygen atoms in total. The zero-order chi connectivity index (χ0) is 15.4. The Kier molecular flexibility index (Phi) is 5.01. The largest absolute Gasteiger partial charge is 0.469 e. The lowest BCUT2D eigenvalue weighted by molar-refractivity contribution is -0.290. The van der Waals surface area contributed by atoms with Crippen molar-refractivity contribution in [3.63, 3.8) is 0 Å². The van der Waals surface area contributed by atoms with E-state index in [1.807, 2.05) is 6.92 Å². The van der Waals surface area contributed by atoms with Crippen molar-refractivity contribution >= 4 is 5.95 Å². The van der Waals surface area contributed by atoms with Crippen molar-refractivity contribution in [2.45, 2.75) is 25.4 Å². The fourth-order valence-corrected chi connectivity index (χ4v) is 1.02. The molecule has 114 valence electrons. The number of nitrogens with zero attached hydrogens (tertiary/aromatic N) is 2. The molecule has 0 aliphatic carbocycles. The van der Waals surface area contributed by atoms with Gasteiger partial charge in [-0.2, -0.15) is 31.3 Å². The van der Waals surface area contributed by atoms with Gasteiger partial charge in [0.2, 0.25) is 11.8 Å². The Labute approximate surface area is 110 Å². The van der Waals surface area contributed by atoms with Crippen LogP contribution < -0.4 is 10.1 Å². The highest BCUT2D eigenvalue weighted by atomic mass is 19.4. The van der Waals surface area contributed by atoms with Crippen LogP contribution in [0.1, 0.15) is 13.3 Å². The monoisotopic (exact) mass is 303 g/mol. The molecule has 10 heteroatoms. The summed E-state index contributed by atoms with van der Waals surface area (Å²) >= 11 is 0. The lowest BCUT2D eigenvalue weighted by Gasteiger charge is -2.19. The van der Waals surface area contributed by atoms with E-state index in [1.54, 1.807) is 0 Å². The second kappa shape index (κ2) is 6.14. The van der Waals surface area contributed by atoms with Gasteiger partial charge in [0.25, 0.3) is 5.88 Å². The first-order valence-corrected chi connectivity index (χ1v) is 5.51. The molecule has 0 aliphatic heterocycles. The standard InChI is InChI=1S/C10H11F6N3O/c1-2-3-17-8-18-4-6(11)7(19-8)20-5-9(12,13)10(14,15)16/h4H,2-3,5H2,1H3,(H,17,18,19). The van der Waals surface area contributed by atoms with Gasteiger partial charge >= 0.3 is 12.1 Å². The zero-order valence-electron chi connectivity index (χ0n) is 10.3. The number of alkyl halides is 5. The number of nitrogens with one attached hydrogen (secondary N) is 1. The van der Waals surface area contributed by atoms with Crippen LogP contribution in [0.4, 0.5) is 32.3 Å². The van der Waals surface area contributed by atoms with E-state index in [-0.39, 0.29) is 5.95 Å². The third kappa shape index (κ3) is 4.14. The molecule has 0 aromatic carbocycles. The van der Waals surface area contributed by atoms with Gasteiger partial charge in [0.05, 0.1) is 6.20 Å². The Morgan fingerprint density at radius 3 is 2.45 bits per heavy atom. The number of ether oxygens (including phenoxy) is 1. The maximum atomic E-state index is 13.2. The molecular formula is C10H11F6N3O. The van der Waals surface area contributed by atoms with E-state index in [0.29, 0.717) is 19.2 Å². The van der Waals surface area contributed by atoms with Crippen LogP contribution in [0.3, 0.4) is 0 Å². The molecule has 0 fully saturated rings. The SMILES string of the molecule is CCCNc1ncc(F)c(OCC(F)(F)C(F)(F)F)n1. The summed E-state index contributed by atoms with van der Waals surface area (Å²) < 4.78 is 78.3. The Balaban J connectivity index is 2.77. The maximum absolute atomic E-state index is 13.2. The molecule has 1 aromatic rings. The minimum absolute atomic E-state index is 0.126. The summed E-state index contributed by atoms with van der Waals surface area (Å²) in [5.74, 6) is -7.42. The second-order valence-electron chi connectivity index (χ2n) is 3.76. The number of halogens is 6. The molecule has 0 unspecified atom stereocenters. The van der Waals surface area contributed by atoms with E-state index in [0.717, 1.165) is 0 Å². The Bertz CT molecular complexity index is 451. The van der Waals surface area contributed by atoms with Crippen LogP contribution in [0.5, 0.6) is 5.88 Å². The highest BCUT2D eigenvalue weighted by Crippen LogP contribution is 2.35. The van der Waals surface area contributed by atoms with E-state index in [9.17, 15) is 26.3 Å². The third-order valence-electron chi connectivity index (χ3n) is 2.05. The summed E-state index contributed by atoms with van der Waals surface area (Å²) in [5, 5.41) is 2.61. The molecule has 1 N–H and O–H groups in total. The molecule has 20 heavy (non-hydrogen) atoms. The number of hydrogen-bond acceptors (Lipinski definition) is 4. The van der Waals surface area contributed by atoms with Gasteiger partial charge in [-0.05, 0) is 6.42 Å². The van der Waals surface area contributed by atoms with Crippen molar-refractivity contribution in [1.82, 2.24) is 9.97 Å². The number of hydrogen-bond donors (Lipinski definition) is 1. The molecule has 0 atom stereocenters. The van der Waals surface area contributed by atoms with Crippen molar-refractivity contribution in [2.24, 2.45) is 0 Å². The first-order chi connectivity index (χ1) is 9.17. The summed E-state index contributed by atoms with van der Waals surface area (Å²) in [6.07, 6.45) is -4.48. The van der Waals surface area contributed by atoms with Gasteiger partial charge in [-0.15, -0.1) is 0 Å².